The molecule has 0 aromatic heterocycles. The van der Waals surface area contributed by atoms with E-state index in [1.807, 2.05) is 55.5 Å². The van der Waals surface area contributed by atoms with Crippen LogP contribution in [-0.4, -0.2) is 31.5 Å². The first-order valence-electron chi connectivity index (χ1n) is 7.89. The summed E-state index contributed by atoms with van der Waals surface area (Å²) in [7, 11) is 1.71. The summed E-state index contributed by atoms with van der Waals surface area (Å²) in [6.45, 7) is 2.82. The molecular formula is C19H23NO3. The van der Waals surface area contributed by atoms with Crippen LogP contribution in [0.1, 0.15) is 17.5 Å². The molecule has 1 saturated heterocycles. The van der Waals surface area contributed by atoms with Gasteiger partial charge in [-0.2, -0.15) is 0 Å². The Kier molecular flexibility index (Phi) is 4.66. The number of ether oxygens (including phenoxy) is 2. The van der Waals surface area contributed by atoms with Gasteiger partial charge in [-0.05, 0) is 42.7 Å². The van der Waals surface area contributed by atoms with Gasteiger partial charge in [0.2, 0.25) is 0 Å². The molecule has 4 nitrogen and oxygen atoms in total. The van der Waals surface area contributed by atoms with Crippen LogP contribution in [0.15, 0.2) is 48.5 Å². The second kappa shape index (κ2) is 6.71. The predicted molar refractivity (Wildman–Crippen MR) is 89.9 cm³/mol. The Morgan fingerprint density at radius 3 is 2.52 bits per heavy atom. The maximum Gasteiger partial charge on any atom is 0.130 e. The van der Waals surface area contributed by atoms with E-state index in [1.165, 1.54) is 0 Å². The van der Waals surface area contributed by atoms with Gasteiger partial charge >= 0.3 is 0 Å². The molecule has 122 valence electrons. The molecule has 4 heteroatoms. The van der Waals surface area contributed by atoms with Crippen molar-refractivity contribution in [2.24, 2.45) is 0 Å². The molecular weight excluding hydrogens is 290 g/mol. The number of benzene rings is 2. The minimum atomic E-state index is -0.429. The lowest BCUT2D eigenvalue weighted by atomic mass is 9.88. The van der Waals surface area contributed by atoms with Crippen LogP contribution in [0.4, 0.5) is 0 Å². The largest absolute Gasteiger partial charge is 0.457 e. The second-order valence-corrected chi connectivity index (χ2v) is 6.07. The Hall–Kier alpha value is -1.88. The van der Waals surface area contributed by atoms with Crippen LogP contribution in [0.3, 0.4) is 0 Å². The number of aliphatic hydroxyl groups is 1. The van der Waals surface area contributed by atoms with Gasteiger partial charge < -0.3 is 19.9 Å². The number of aliphatic hydroxyl groups excluding tert-OH is 1. The van der Waals surface area contributed by atoms with E-state index in [9.17, 15) is 5.11 Å². The first kappa shape index (κ1) is 16.0. The highest BCUT2D eigenvalue weighted by Gasteiger charge is 2.39. The normalized spacial score (nSPS) is 23.9. The first-order chi connectivity index (χ1) is 11.2. The van der Waals surface area contributed by atoms with Gasteiger partial charge in [-0.15, -0.1) is 0 Å². The number of para-hydroxylation sites is 1. The zero-order valence-corrected chi connectivity index (χ0v) is 13.6. The number of rotatable bonds is 5. The third-order valence-electron chi connectivity index (χ3n) is 4.58. The summed E-state index contributed by atoms with van der Waals surface area (Å²) in [5.74, 6) is 1.65. The van der Waals surface area contributed by atoms with Gasteiger partial charge in [0.1, 0.15) is 11.5 Å². The van der Waals surface area contributed by atoms with Crippen molar-refractivity contribution in [2.45, 2.75) is 25.0 Å². The van der Waals surface area contributed by atoms with Gasteiger partial charge in [0.25, 0.3) is 0 Å². The Bertz CT molecular complexity index is 656. The molecule has 2 atom stereocenters. The third-order valence-corrected chi connectivity index (χ3v) is 4.58. The molecule has 0 spiro atoms. The molecule has 2 aromatic rings. The minimum Gasteiger partial charge on any atom is -0.457 e. The van der Waals surface area contributed by atoms with E-state index < -0.39 is 5.54 Å². The fourth-order valence-corrected chi connectivity index (χ4v) is 3.08. The summed E-state index contributed by atoms with van der Waals surface area (Å²) >= 11 is 0. The Morgan fingerprint density at radius 1 is 1.17 bits per heavy atom. The summed E-state index contributed by atoms with van der Waals surface area (Å²) in [6, 6.07) is 15.8. The Balaban J connectivity index is 1.78. The first-order valence-corrected chi connectivity index (χ1v) is 7.89. The van der Waals surface area contributed by atoms with Crippen molar-refractivity contribution in [1.29, 1.82) is 0 Å². The highest BCUT2D eigenvalue weighted by atomic mass is 16.5. The molecule has 2 aromatic carbocycles. The van der Waals surface area contributed by atoms with Crippen molar-refractivity contribution >= 4 is 0 Å². The van der Waals surface area contributed by atoms with Gasteiger partial charge in [0.15, 0.2) is 0 Å². The molecule has 0 bridgehead atoms. The van der Waals surface area contributed by atoms with Crippen LogP contribution in [0.5, 0.6) is 11.5 Å². The maximum absolute atomic E-state index is 9.87. The van der Waals surface area contributed by atoms with Crippen molar-refractivity contribution in [1.82, 2.24) is 5.32 Å². The standard InChI is InChI=1S/C19H23NO3/c1-14-5-3-4-6-18(14)23-16-9-7-15(8-10-16)19(13-21)11-17(22-2)12-20-19/h3-10,17,20-21H,11-13H2,1-2H3/t17-,19+/m0/s1. The van der Waals surface area contributed by atoms with Crippen molar-refractivity contribution < 1.29 is 14.6 Å². The molecule has 0 amide bonds. The Morgan fingerprint density at radius 2 is 1.91 bits per heavy atom. The lowest BCUT2D eigenvalue weighted by molar-refractivity contribution is 0.101. The fraction of sp³-hybridized carbons (Fsp3) is 0.368. The monoisotopic (exact) mass is 313 g/mol. The van der Waals surface area contributed by atoms with E-state index in [-0.39, 0.29) is 12.7 Å². The van der Waals surface area contributed by atoms with E-state index in [4.69, 9.17) is 9.47 Å². The van der Waals surface area contributed by atoms with Gasteiger partial charge in [-0.3, -0.25) is 0 Å². The van der Waals surface area contributed by atoms with Crippen LogP contribution in [0.2, 0.25) is 0 Å². The van der Waals surface area contributed by atoms with Crippen molar-refractivity contribution in [3.63, 3.8) is 0 Å². The Labute approximate surface area is 137 Å². The highest BCUT2D eigenvalue weighted by molar-refractivity contribution is 5.39. The molecule has 23 heavy (non-hydrogen) atoms. The number of hydrogen-bond donors (Lipinski definition) is 2. The number of nitrogens with one attached hydrogen (secondary N) is 1. The summed E-state index contributed by atoms with van der Waals surface area (Å²) in [6.07, 6.45) is 0.892. The molecule has 0 saturated carbocycles. The average Bonchev–Trinajstić information content (AvgIpc) is 3.03. The van der Waals surface area contributed by atoms with Gasteiger partial charge in [0.05, 0.1) is 18.2 Å². The summed E-state index contributed by atoms with van der Waals surface area (Å²) in [5, 5.41) is 13.3. The highest BCUT2D eigenvalue weighted by Crippen LogP contribution is 2.33. The van der Waals surface area contributed by atoms with Crippen molar-refractivity contribution in [2.75, 3.05) is 20.3 Å². The van der Waals surface area contributed by atoms with Crippen LogP contribution in [-0.2, 0) is 10.3 Å². The third kappa shape index (κ3) is 3.24. The van der Waals surface area contributed by atoms with E-state index in [1.54, 1.807) is 7.11 Å². The van der Waals surface area contributed by atoms with Crippen LogP contribution in [0.25, 0.3) is 0 Å². The molecule has 3 rings (SSSR count). The zero-order chi connectivity index (χ0) is 16.3. The summed E-state index contributed by atoms with van der Waals surface area (Å²) < 4.78 is 11.3. The second-order valence-electron chi connectivity index (χ2n) is 6.07. The molecule has 0 radical (unpaired) electrons. The van der Waals surface area contributed by atoms with E-state index in [0.717, 1.165) is 35.6 Å². The van der Waals surface area contributed by atoms with E-state index >= 15 is 0 Å². The summed E-state index contributed by atoms with van der Waals surface area (Å²) in [4.78, 5) is 0. The van der Waals surface area contributed by atoms with E-state index in [2.05, 4.69) is 5.32 Å². The molecule has 0 unspecified atom stereocenters. The lowest BCUT2D eigenvalue weighted by Crippen LogP contribution is -2.40. The fourth-order valence-electron chi connectivity index (χ4n) is 3.08. The van der Waals surface area contributed by atoms with Gasteiger partial charge in [-0.1, -0.05) is 30.3 Å². The number of aryl methyl sites for hydroxylation is 1. The van der Waals surface area contributed by atoms with Crippen molar-refractivity contribution in [3.05, 3.63) is 59.7 Å². The van der Waals surface area contributed by atoms with E-state index in [0.29, 0.717) is 0 Å². The quantitative estimate of drug-likeness (QED) is 0.891. The zero-order valence-electron chi connectivity index (χ0n) is 13.6. The van der Waals surface area contributed by atoms with Gasteiger partial charge in [-0.25, -0.2) is 0 Å². The molecule has 2 N–H and O–H groups in total. The van der Waals surface area contributed by atoms with Crippen LogP contribution in [0, 0.1) is 6.92 Å². The van der Waals surface area contributed by atoms with Crippen LogP contribution >= 0.6 is 0 Å². The topological polar surface area (TPSA) is 50.7 Å². The van der Waals surface area contributed by atoms with Crippen LogP contribution < -0.4 is 10.1 Å². The molecule has 1 aliphatic heterocycles. The smallest absolute Gasteiger partial charge is 0.130 e. The summed E-state index contributed by atoms with van der Waals surface area (Å²) in [5.41, 5.74) is 1.72. The van der Waals surface area contributed by atoms with Gasteiger partial charge in [0, 0.05) is 13.7 Å². The molecule has 1 aliphatic rings. The average molecular weight is 313 g/mol. The number of hydrogen-bond acceptors (Lipinski definition) is 4. The lowest BCUT2D eigenvalue weighted by Gasteiger charge is -2.28. The minimum absolute atomic E-state index is 0.0465. The predicted octanol–water partition coefficient (Wildman–Crippen LogP) is 2.98. The molecule has 1 fully saturated rings. The molecule has 1 heterocycles. The van der Waals surface area contributed by atoms with Crippen molar-refractivity contribution in [3.8, 4) is 11.5 Å². The molecule has 0 aliphatic carbocycles. The maximum atomic E-state index is 9.87. The number of methoxy groups -OCH3 is 1. The SMILES string of the molecule is CO[C@@H]1CN[C@](CO)(c2ccc(Oc3ccccc3C)cc2)C1.